The summed E-state index contributed by atoms with van der Waals surface area (Å²) in [4.78, 5) is 14.3. The molecular weight excluding hydrogens is 372 g/mol. The Hall–Kier alpha value is -1.59. The molecule has 0 bridgehead atoms. The van der Waals surface area contributed by atoms with Crippen LogP contribution in [0.25, 0.3) is 6.08 Å². The molecule has 0 aliphatic carbocycles. The fourth-order valence-corrected chi connectivity index (χ4v) is 3.77. The second kappa shape index (κ2) is 7.79. The van der Waals surface area contributed by atoms with Crippen LogP contribution in [0.2, 0.25) is 0 Å². The molecule has 2 aromatic rings. The maximum absolute atomic E-state index is 11.9. The van der Waals surface area contributed by atoms with Gasteiger partial charge in [0.25, 0.3) is 0 Å². The van der Waals surface area contributed by atoms with Crippen LogP contribution >= 0.6 is 27.3 Å². The summed E-state index contributed by atoms with van der Waals surface area (Å²) in [6.45, 7) is 2.77. The quantitative estimate of drug-likeness (QED) is 0.777. The second-order valence-corrected chi connectivity index (χ2v) is 7.41. The molecule has 1 aliphatic heterocycles. The van der Waals surface area contributed by atoms with Gasteiger partial charge in [-0.25, -0.2) is 0 Å². The second-order valence-electron chi connectivity index (χ2n) is 5.72. The zero-order chi connectivity index (χ0) is 16.1. The molecule has 2 heterocycles. The first-order valence-corrected chi connectivity index (χ1v) is 9.43. The van der Waals surface area contributed by atoms with Gasteiger partial charge in [-0.2, -0.15) is 11.3 Å². The molecule has 1 aromatic heterocycles. The Morgan fingerprint density at radius 2 is 2.35 bits per heavy atom. The van der Waals surface area contributed by atoms with Crippen LogP contribution in [0.5, 0.6) is 0 Å². The third-order valence-electron chi connectivity index (χ3n) is 3.99. The minimum absolute atomic E-state index is 0.0166. The van der Waals surface area contributed by atoms with E-state index in [1.807, 2.05) is 29.0 Å². The molecule has 1 fully saturated rings. The van der Waals surface area contributed by atoms with Gasteiger partial charge >= 0.3 is 0 Å². The number of amides is 1. The molecule has 0 saturated carbocycles. The summed E-state index contributed by atoms with van der Waals surface area (Å²) in [6.07, 6.45) is 4.58. The molecule has 0 radical (unpaired) electrons. The number of rotatable bonds is 5. The summed E-state index contributed by atoms with van der Waals surface area (Å²) < 4.78 is 1.10. The minimum Gasteiger partial charge on any atom is -0.371 e. The highest BCUT2D eigenvalue weighted by Gasteiger charge is 2.22. The van der Waals surface area contributed by atoms with Gasteiger partial charge in [0.05, 0.1) is 0 Å². The first kappa shape index (κ1) is 16.3. The zero-order valence-electron chi connectivity index (χ0n) is 12.7. The number of nitrogens with zero attached hydrogens (tertiary/aromatic N) is 1. The minimum atomic E-state index is -0.0166. The number of thiophene rings is 1. The number of nitrogens with one attached hydrogen (secondary N) is 1. The highest BCUT2D eigenvalue weighted by atomic mass is 79.9. The lowest BCUT2D eigenvalue weighted by atomic mass is 10.1. The monoisotopic (exact) mass is 390 g/mol. The molecule has 1 unspecified atom stereocenters. The average molecular weight is 391 g/mol. The van der Waals surface area contributed by atoms with Crippen LogP contribution in [0.15, 0.2) is 51.6 Å². The summed E-state index contributed by atoms with van der Waals surface area (Å²) in [5.41, 5.74) is 2.32. The van der Waals surface area contributed by atoms with E-state index in [0.29, 0.717) is 5.92 Å². The molecule has 1 aliphatic rings. The third kappa shape index (κ3) is 4.69. The largest absolute Gasteiger partial charge is 0.371 e. The number of halogens is 1. The van der Waals surface area contributed by atoms with E-state index in [4.69, 9.17) is 0 Å². The van der Waals surface area contributed by atoms with E-state index < -0.39 is 0 Å². The fraction of sp³-hybridized carbons (Fsp3) is 0.278. The van der Waals surface area contributed by atoms with Gasteiger partial charge in [0.2, 0.25) is 5.91 Å². The Morgan fingerprint density at radius 3 is 3.13 bits per heavy atom. The number of carbonyl (C=O) groups excluding carboxylic acids is 1. The highest BCUT2D eigenvalue weighted by molar-refractivity contribution is 9.10. The summed E-state index contributed by atoms with van der Waals surface area (Å²) >= 11 is 5.15. The van der Waals surface area contributed by atoms with Crippen LogP contribution in [0, 0.1) is 5.92 Å². The number of carbonyl (C=O) groups is 1. The van der Waals surface area contributed by atoms with Crippen LogP contribution in [0.3, 0.4) is 0 Å². The van der Waals surface area contributed by atoms with Crippen molar-refractivity contribution in [3.63, 3.8) is 0 Å². The summed E-state index contributed by atoms with van der Waals surface area (Å²) in [5.74, 6) is 0.490. The molecular formula is C18H19BrN2OS. The van der Waals surface area contributed by atoms with Gasteiger partial charge in [0.1, 0.15) is 0 Å². The first-order chi connectivity index (χ1) is 11.2. The van der Waals surface area contributed by atoms with Crippen molar-refractivity contribution in [3.8, 4) is 0 Å². The van der Waals surface area contributed by atoms with E-state index in [0.717, 1.165) is 36.1 Å². The van der Waals surface area contributed by atoms with E-state index in [1.165, 1.54) is 5.69 Å². The lowest BCUT2D eigenvalue weighted by Gasteiger charge is -2.19. The molecule has 1 aromatic carbocycles. The van der Waals surface area contributed by atoms with E-state index in [1.54, 1.807) is 17.4 Å². The van der Waals surface area contributed by atoms with Crippen LogP contribution in [0.1, 0.15) is 12.0 Å². The Kier molecular flexibility index (Phi) is 5.51. The predicted octanol–water partition coefficient (Wildman–Crippen LogP) is 4.17. The highest BCUT2D eigenvalue weighted by Crippen LogP contribution is 2.25. The zero-order valence-corrected chi connectivity index (χ0v) is 15.1. The van der Waals surface area contributed by atoms with Gasteiger partial charge in [0, 0.05) is 35.9 Å². The van der Waals surface area contributed by atoms with Crippen molar-refractivity contribution in [3.05, 3.63) is 57.2 Å². The van der Waals surface area contributed by atoms with Crippen molar-refractivity contribution in [1.29, 1.82) is 0 Å². The summed E-state index contributed by atoms with van der Waals surface area (Å²) in [6, 6.07) is 10.4. The number of hydrogen-bond acceptors (Lipinski definition) is 3. The fourth-order valence-electron chi connectivity index (χ4n) is 2.75. The summed E-state index contributed by atoms with van der Waals surface area (Å²) in [7, 11) is 0. The van der Waals surface area contributed by atoms with Gasteiger partial charge in [-0.3, -0.25) is 4.79 Å². The standard InChI is InChI=1S/C18H19BrN2OS/c19-16-2-1-3-17(10-16)21-8-6-15(12-21)11-20-18(22)5-4-14-7-9-23-13-14/h1-5,7,9-10,13,15H,6,8,11-12H2,(H,20,22)/b5-4+. The molecule has 1 atom stereocenters. The molecule has 3 rings (SSSR count). The van der Waals surface area contributed by atoms with Crippen molar-refractivity contribution in [1.82, 2.24) is 5.32 Å². The normalized spacial score (nSPS) is 17.8. The van der Waals surface area contributed by atoms with E-state index in [9.17, 15) is 4.79 Å². The van der Waals surface area contributed by atoms with E-state index in [2.05, 4.69) is 44.3 Å². The maximum atomic E-state index is 11.9. The average Bonchev–Trinajstić information content (AvgIpc) is 3.22. The lowest BCUT2D eigenvalue weighted by Crippen LogP contribution is -2.29. The molecule has 1 N–H and O–H groups in total. The number of benzene rings is 1. The molecule has 1 saturated heterocycles. The smallest absolute Gasteiger partial charge is 0.244 e. The molecule has 0 spiro atoms. The molecule has 3 nitrogen and oxygen atoms in total. The van der Waals surface area contributed by atoms with Crippen molar-refractivity contribution in [2.45, 2.75) is 6.42 Å². The van der Waals surface area contributed by atoms with Gasteiger partial charge in [-0.1, -0.05) is 22.0 Å². The van der Waals surface area contributed by atoms with Crippen LogP contribution in [0.4, 0.5) is 5.69 Å². The molecule has 1 amide bonds. The Morgan fingerprint density at radius 1 is 1.43 bits per heavy atom. The topological polar surface area (TPSA) is 32.3 Å². The first-order valence-electron chi connectivity index (χ1n) is 7.69. The van der Waals surface area contributed by atoms with Crippen molar-refractivity contribution in [2.24, 2.45) is 5.92 Å². The Balaban J connectivity index is 1.46. The third-order valence-corrected chi connectivity index (χ3v) is 5.19. The van der Waals surface area contributed by atoms with Gasteiger partial charge in [0.15, 0.2) is 0 Å². The van der Waals surface area contributed by atoms with Crippen molar-refractivity contribution in [2.75, 3.05) is 24.5 Å². The van der Waals surface area contributed by atoms with Crippen molar-refractivity contribution < 1.29 is 4.79 Å². The SMILES string of the molecule is O=C(/C=C/c1ccsc1)NCC1CCN(c2cccc(Br)c2)C1. The van der Waals surface area contributed by atoms with Crippen molar-refractivity contribution >= 4 is 44.9 Å². The van der Waals surface area contributed by atoms with E-state index >= 15 is 0 Å². The Labute approximate surface area is 149 Å². The predicted molar refractivity (Wildman–Crippen MR) is 101 cm³/mol. The number of anilines is 1. The molecule has 120 valence electrons. The van der Waals surface area contributed by atoms with E-state index in [-0.39, 0.29) is 5.91 Å². The van der Waals surface area contributed by atoms with Gasteiger partial charge in [-0.15, -0.1) is 0 Å². The molecule has 23 heavy (non-hydrogen) atoms. The summed E-state index contributed by atoms with van der Waals surface area (Å²) in [5, 5.41) is 7.04. The molecule has 5 heteroatoms. The van der Waals surface area contributed by atoms with Crippen LogP contribution < -0.4 is 10.2 Å². The van der Waals surface area contributed by atoms with Crippen LogP contribution in [-0.2, 0) is 4.79 Å². The number of hydrogen-bond donors (Lipinski definition) is 1. The van der Waals surface area contributed by atoms with Gasteiger partial charge in [-0.05, 0) is 59.0 Å². The maximum Gasteiger partial charge on any atom is 0.244 e. The van der Waals surface area contributed by atoms with Crippen LogP contribution in [-0.4, -0.2) is 25.5 Å². The van der Waals surface area contributed by atoms with Gasteiger partial charge < -0.3 is 10.2 Å². The Bertz CT molecular complexity index is 684. The lowest BCUT2D eigenvalue weighted by molar-refractivity contribution is -0.116.